The molecule has 0 aromatic heterocycles. The van der Waals surface area contributed by atoms with Crippen LogP contribution in [0.15, 0.2) is 42.5 Å². The molecule has 0 amide bonds. The molecule has 2 aromatic rings. The third-order valence-corrected chi connectivity index (χ3v) is 3.51. The first-order valence-electron chi connectivity index (χ1n) is 6.81. The Morgan fingerprint density at radius 3 is 2.24 bits per heavy atom. The van der Waals surface area contributed by atoms with Crippen molar-refractivity contribution in [1.29, 1.82) is 0 Å². The average Bonchev–Trinajstić information content (AvgIpc) is 2.53. The minimum Gasteiger partial charge on any atom is -0.493 e. The van der Waals surface area contributed by atoms with Gasteiger partial charge < -0.3 is 14.8 Å². The van der Waals surface area contributed by atoms with E-state index in [0.717, 1.165) is 17.5 Å². The van der Waals surface area contributed by atoms with Crippen molar-refractivity contribution >= 4 is 0 Å². The minimum atomic E-state index is -0.217. The summed E-state index contributed by atoms with van der Waals surface area (Å²) in [6.45, 7) is 0. The van der Waals surface area contributed by atoms with Gasteiger partial charge in [0.1, 0.15) is 5.82 Å². The van der Waals surface area contributed by atoms with Crippen LogP contribution in [0.2, 0.25) is 0 Å². The molecular weight excluding hydrogens is 269 g/mol. The van der Waals surface area contributed by atoms with Crippen molar-refractivity contribution in [3.63, 3.8) is 0 Å². The van der Waals surface area contributed by atoms with Gasteiger partial charge in [-0.1, -0.05) is 18.2 Å². The van der Waals surface area contributed by atoms with Crippen LogP contribution in [-0.2, 0) is 6.42 Å². The summed E-state index contributed by atoms with van der Waals surface area (Å²) in [7, 11) is 5.15. The van der Waals surface area contributed by atoms with Crippen molar-refractivity contribution < 1.29 is 13.9 Å². The number of halogens is 1. The predicted molar refractivity (Wildman–Crippen MR) is 81.5 cm³/mol. The van der Waals surface area contributed by atoms with Crippen LogP contribution in [0.25, 0.3) is 0 Å². The molecule has 0 aliphatic carbocycles. The molecule has 0 aliphatic rings. The number of rotatable bonds is 6. The van der Waals surface area contributed by atoms with Gasteiger partial charge in [-0.25, -0.2) is 4.39 Å². The van der Waals surface area contributed by atoms with E-state index in [-0.39, 0.29) is 11.9 Å². The van der Waals surface area contributed by atoms with E-state index in [1.54, 1.807) is 26.4 Å². The minimum absolute atomic E-state index is 0.121. The van der Waals surface area contributed by atoms with Crippen LogP contribution in [0.5, 0.6) is 11.5 Å². The van der Waals surface area contributed by atoms with E-state index in [2.05, 4.69) is 5.32 Å². The maximum atomic E-state index is 13.0. The number of ether oxygens (including phenoxy) is 2. The van der Waals surface area contributed by atoms with E-state index >= 15 is 0 Å². The summed E-state index contributed by atoms with van der Waals surface area (Å²) < 4.78 is 23.5. The third kappa shape index (κ3) is 3.73. The van der Waals surface area contributed by atoms with Gasteiger partial charge in [-0.15, -0.1) is 0 Å². The highest BCUT2D eigenvalue weighted by Crippen LogP contribution is 2.30. The number of nitrogens with one attached hydrogen (secondary N) is 1. The number of benzene rings is 2. The summed E-state index contributed by atoms with van der Waals surface area (Å²) in [5.74, 6) is 1.19. The molecule has 0 bridgehead atoms. The molecule has 0 radical (unpaired) electrons. The number of hydrogen-bond acceptors (Lipinski definition) is 3. The van der Waals surface area contributed by atoms with Gasteiger partial charge in [0.15, 0.2) is 11.5 Å². The number of hydrogen-bond donors (Lipinski definition) is 1. The Hall–Kier alpha value is -2.07. The van der Waals surface area contributed by atoms with Crippen molar-refractivity contribution in [2.45, 2.75) is 12.5 Å². The maximum absolute atomic E-state index is 13.0. The number of methoxy groups -OCH3 is 2. The topological polar surface area (TPSA) is 30.5 Å². The molecule has 1 unspecified atom stereocenters. The monoisotopic (exact) mass is 289 g/mol. The smallest absolute Gasteiger partial charge is 0.161 e. The quantitative estimate of drug-likeness (QED) is 0.884. The largest absolute Gasteiger partial charge is 0.493 e. The Kier molecular flexibility index (Phi) is 5.17. The van der Waals surface area contributed by atoms with Gasteiger partial charge in [-0.05, 0) is 48.9 Å². The van der Waals surface area contributed by atoms with Crippen LogP contribution >= 0.6 is 0 Å². The van der Waals surface area contributed by atoms with Gasteiger partial charge in [0.25, 0.3) is 0 Å². The lowest BCUT2D eigenvalue weighted by Gasteiger charge is -2.18. The van der Waals surface area contributed by atoms with E-state index in [9.17, 15) is 4.39 Å². The Bertz CT molecular complexity index is 584. The summed E-state index contributed by atoms with van der Waals surface area (Å²) in [5, 5.41) is 3.28. The molecule has 1 atom stereocenters. The molecule has 2 aromatic carbocycles. The molecule has 0 saturated heterocycles. The lowest BCUT2D eigenvalue weighted by Crippen LogP contribution is -2.19. The molecule has 0 saturated carbocycles. The first-order valence-corrected chi connectivity index (χ1v) is 6.81. The van der Waals surface area contributed by atoms with E-state index < -0.39 is 0 Å². The lowest BCUT2D eigenvalue weighted by molar-refractivity contribution is 0.354. The van der Waals surface area contributed by atoms with E-state index in [4.69, 9.17) is 9.47 Å². The first kappa shape index (κ1) is 15.3. The van der Waals surface area contributed by atoms with Gasteiger partial charge in [0.2, 0.25) is 0 Å². The van der Waals surface area contributed by atoms with Crippen LogP contribution < -0.4 is 14.8 Å². The van der Waals surface area contributed by atoms with Crippen molar-refractivity contribution in [1.82, 2.24) is 5.32 Å². The van der Waals surface area contributed by atoms with Crippen molar-refractivity contribution in [3.8, 4) is 11.5 Å². The summed E-state index contributed by atoms with van der Waals surface area (Å²) in [6.07, 6.45) is 0.770. The Morgan fingerprint density at radius 2 is 1.67 bits per heavy atom. The van der Waals surface area contributed by atoms with Crippen molar-refractivity contribution in [3.05, 3.63) is 59.4 Å². The molecule has 0 fully saturated rings. The van der Waals surface area contributed by atoms with Crippen LogP contribution in [-0.4, -0.2) is 21.3 Å². The zero-order valence-corrected chi connectivity index (χ0v) is 12.5. The fraction of sp³-hybridized carbons (Fsp3) is 0.294. The normalized spacial score (nSPS) is 12.0. The SMILES string of the molecule is CNC(Cc1ccc(F)cc1)c1ccc(OC)c(OC)c1. The maximum Gasteiger partial charge on any atom is 0.161 e. The molecule has 1 N–H and O–H groups in total. The van der Waals surface area contributed by atoms with Crippen molar-refractivity contribution in [2.75, 3.05) is 21.3 Å². The zero-order valence-electron chi connectivity index (χ0n) is 12.5. The predicted octanol–water partition coefficient (Wildman–Crippen LogP) is 3.35. The second-order valence-corrected chi connectivity index (χ2v) is 4.79. The molecule has 0 aliphatic heterocycles. The molecule has 4 heteroatoms. The molecule has 2 rings (SSSR count). The zero-order chi connectivity index (χ0) is 15.2. The molecular formula is C17H20FNO2. The van der Waals surface area contributed by atoms with E-state index in [1.165, 1.54) is 12.1 Å². The fourth-order valence-corrected chi connectivity index (χ4v) is 2.31. The Labute approximate surface area is 124 Å². The van der Waals surface area contributed by atoms with E-state index in [1.807, 2.05) is 25.2 Å². The van der Waals surface area contributed by atoms with Crippen molar-refractivity contribution in [2.24, 2.45) is 0 Å². The second-order valence-electron chi connectivity index (χ2n) is 4.79. The fourth-order valence-electron chi connectivity index (χ4n) is 2.31. The van der Waals surface area contributed by atoms with Crippen LogP contribution in [0.4, 0.5) is 4.39 Å². The average molecular weight is 289 g/mol. The van der Waals surface area contributed by atoms with Gasteiger partial charge in [-0.3, -0.25) is 0 Å². The van der Waals surface area contributed by atoms with E-state index in [0.29, 0.717) is 11.5 Å². The summed E-state index contributed by atoms with van der Waals surface area (Å²) in [6, 6.07) is 12.6. The lowest BCUT2D eigenvalue weighted by atomic mass is 9.98. The first-order chi connectivity index (χ1) is 10.2. The Balaban J connectivity index is 2.22. The summed E-state index contributed by atoms with van der Waals surface area (Å²) in [4.78, 5) is 0. The highest BCUT2D eigenvalue weighted by molar-refractivity contribution is 5.44. The molecule has 112 valence electrons. The second kappa shape index (κ2) is 7.09. The van der Waals surface area contributed by atoms with Gasteiger partial charge >= 0.3 is 0 Å². The van der Waals surface area contributed by atoms with Gasteiger partial charge in [0.05, 0.1) is 14.2 Å². The summed E-state index contributed by atoms with van der Waals surface area (Å²) in [5.41, 5.74) is 2.17. The van der Waals surface area contributed by atoms with Gasteiger partial charge in [0, 0.05) is 6.04 Å². The molecule has 21 heavy (non-hydrogen) atoms. The Morgan fingerprint density at radius 1 is 1.00 bits per heavy atom. The number of likely N-dealkylation sites (N-methyl/N-ethyl adjacent to an activating group) is 1. The standard InChI is InChI=1S/C17H20FNO2/c1-19-15(10-12-4-7-14(18)8-5-12)13-6-9-16(20-2)17(11-13)21-3/h4-9,11,15,19H,10H2,1-3H3. The van der Waals surface area contributed by atoms with Crippen LogP contribution in [0.1, 0.15) is 17.2 Å². The highest BCUT2D eigenvalue weighted by Gasteiger charge is 2.13. The molecule has 0 heterocycles. The van der Waals surface area contributed by atoms with Gasteiger partial charge in [-0.2, -0.15) is 0 Å². The highest BCUT2D eigenvalue weighted by atomic mass is 19.1. The third-order valence-electron chi connectivity index (χ3n) is 3.51. The van der Waals surface area contributed by atoms with Crippen LogP contribution in [0, 0.1) is 5.82 Å². The summed E-state index contributed by atoms with van der Waals surface area (Å²) >= 11 is 0. The van der Waals surface area contributed by atoms with Crippen LogP contribution in [0.3, 0.4) is 0 Å². The molecule has 0 spiro atoms. The molecule has 3 nitrogen and oxygen atoms in total.